The highest BCUT2D eigenvalue weighted by Crippen LogP contribution is 2.28. The minimum atomic E-state index is 0.858. The summed E-state index contributed by atoms with van der Waals surface area (Å²) in [5.41, 5.74) is 5.92. The first-order valence-corrected chi connectivity index (χ1v) is 7.27. The lowest BCUT2D eigenvalue weighted by molar-refractivity contribution is 0.821. The molecule has 0 unspecified atom stereocenters. The Morgan fingerprint density at radius 2 is 1.90 bits per heavy atom. The van der Waals surface area contributed by atoms with E-state index in [-0.39, 0.29) is 0 Å². The number of aryl methyl sites for hydroxylation is 2. The molecular formula is C18H19N3. The Balaban J connectivity index is 2.26. The average Bonchev–Trinajstić information content (AvgIpc) is 2.85. The lowest BCUT2D eigenvalue weighted by atomic mass is 10.0. The predicted octanol–water partition coefficient (Wildman–Crippen LogP) is 4.11. The van der Waals surface area contributed by atoms with Gasteiger partial charge >= 0.3 is 0 Å². The Morgan fingerprint density at radius 3 is 2.57 bits per heavy atom. The van der Waals surface area contributed by atoms with Crippen LogP contribution in [0.15, 0.2) is 48.7 Å². The van der Waals surface area contributed by atoms with Gasteiger partial charge in [0, 0.05) is 11.8 Å². The van der Waals surface area contributed by atoms with E-state index in [1.165, 1.54) is 16.7 Å². The van der Waals surface area contributed by atoms with Gasteiger partial charge in [0.15, 0.2) is 5.82 Å². The molecule has 0 bridgehead atoms. The van der Waals surface area contributed by atoms with Crippen LogP contribution in [0.1, 0.15) is 23.7 Å². The molecule has 0 fully saturated rings. The topological polar surface area (TPSA) is 30.7 Å². The molecule has 2 aromatic heterocycles. The van der Waals surface area contributed by atoms with Crippen LogP contribution in [0.5, 0.6) is 0 Å². The van der Waals surface area contributed by atoms with E-state index in [9.17, 15) is 0 Å². The minimum Gasteiger partial charge on any atom is -0.237 e. The van der Waals surface area contributed by atoms with Crippen molar-refractivity contribution in [1.82, 2.24) is 14.8 Å². The number of aromatic nitrogens is 3. The molecule has 0 amide bonds. The molecule has 0 saturated carbocycles. The average molecular weight is 277 g/mol. The fraction of sp³-hybridized carbons (Fsp3) is 0.222. The van der Waals surface area contributed by atoms with E-state index in [2.05, 4.69) is 50.0 Å². The summed E-state index contributed by atoms with van der Waals surface area (Å²) >= 11 is 0. The third-order valence-electron chi connectivity index (χ3n) is 3.71. The van der Waals surface area contributed by atoms with Gasteiger partial charge in [0.05, 0.1) is 11.4 Å². The fourth-order valence-electron chi connectivity index (χ4n) is 2.65. The van der Waals surface area contributed by atoms with Crippen molar-refractivity contribution in [2.24, 2.45) is 0 Å². The molecule has 2 heterocycles. The van der Waals surface area contributed by atoms with Gasteiger partial charge in [-0.25, -0.2) is 9.67 Å². The highest BCUT2D eigenvalue weighted by atomic mass is 15.3. The van der Waals surface area contributed by atoms with Crippen LogP contribution < -0.4 is 0 Å². The predicted molar refractivity (Wildman–Crippen MR) is 85.6 cm³/mol. The van der Waals surface area contributed by atoms with Gasteiger partial charge in [-0.05, 0) is 44.0 Å². The Kier molecular flexibility index (Phi) is 3.57. The molecule has 0 atom stereocenters. The van der Waals surface area contributed by atoms with Crippen LogP contribution in [0, 0.1) is 13.8 Å². The van der Waals surface area contributed by atoms with Crippen molar-refractivity contribution >= 4 is 0 Å². The van der Waals surface area contributed by atoms with Crippen molar-refractivity contribution in [2.75, 3.05) is 0 Å². The Bertz CT molecular complexity index is 757. The number of nitrogens with zero attached hydrogens (tertiary/aromatic N) is 3. The quantitative estimate of drug-likeness (QED) is 0.721. The summed E-state index contributed by atoms with van der Waals surface area (Å²) in [6.07, 6.45) is 2.72. The molecule has 0 N–H and O–H groups in total. The lowest BCUT2D eigenvalue weighted by Crippen LogP contribution is -2.02. The van der Waals surface area contributed by atoms with Crippen LogP contribution in [0.25, 0.3) is 17.1 Å². The number of rotatable bonds is 3. The van der Waals surface area contributed by atoms with Gasteiger partial charge in [-0.3, -0.25) is 0 Å². The first-order chi connectivity index (χ1) is 10.2. The first kappa shape index (κ1) is 13.6. The van der Waals surface area contributed by atoms with Crippen LogP contribution >= 0.6 is 0 Å². The largest absolute Gasteiger partial charge is 0.237 e. The van der Waals surface area contributed by atoms with Gasteiger partial charge < -0.3 is 0 Å². The third kappa shape index (κ3) is 2.47. The number of pyridine rings is 1. The van der Waals surface area contributed by atoms with Gasteiger partial charge in [0.2, 0.25) is 0 Å². The van der Waals surface area contributed by atoms with Crippen molar-refractivity contribution in [3.05, 3.63) is 65.5 Å². The summed E-state index contributed by atoms with van der Waals surface area (Å²) in [6.45, 7) is 6.39. The van der Waals surface area contributed by atoms with Crippen molar-refractivity contribution in [2.45, 2.75) is 27.2 Å². The molecular weight excluding hydrogens is 258 g/mol. The van der Waals surface area contributed by atoms with Gasteiger partial charge in [-0.2, -0.15) is 5.10 Å². The zero-order valence-corrected chi connectivity index (χ0v) is 12.7. The summed E-state index contributed by atoms with van der Waals surface area (Å²) in [7, 11) is 0. The molecule has 3 aromatic rings. The maximum Gasteiger partial charge on any atom is 0.153 e. The van der Waals surface area contributed by atoms with Crippen molar-refractivity contribution in [3.8, 4) is 17.1 Å². The summed E-state index contributed by atoms with van der Waals surface area (Å²) in [6, 6.07) is 14.4. The van der Waals surface area contributed by atoms with Crippen LogP contribution in [-0.2, 0) is 6.42 Å². The van der Waals surface area contributed by atoms with E-state index in [1.807, 2.05) is 22.9 Å². The third-order valence-corrected chi connectivity index (χ3v) is 3.71. The van der Waals surface area contributed by atoms with E-state index < -0.39 is 0 Å². The molecule has 0 aliphatic carbocycles. The summed E-state index contributed by atoms with van der Waals surface area (Å²) in [5, 5.41) is 4.76. The Labute approximate surface area is 125 Å². The number of hydrogen-bond acceptors (Lipinski definition) is 2. The Hall–Kier alpha value is -2.42. The second-order valence-electron chi connectivity index (χ2n) is 5.24. The fourth-order valence-corrected chi connectivity index (χ4v) is 2.65. The van der Waals surface area contributed by atoms with Crippen molar-refractivity contribution in [1.29, 1.82) is 0 Å². The number of benzene rings is 1. The van der Waals surface area contributed by atoms with Crippen LogP contribution in [-0.4, -0.2) is 14.8 Å². The van der Waals surface area contributed by atoms with Crippen molar-refractivity contribution < 1.29 is 0 Å². The molecule has 3 heteroatoms. The molecule has 21 heavy (non-hydrogen) atoms. The standard InChI is InChI=1S/C18H19N3/c1-4-16-14(3)18(15-9-7-8-13(2)12-15)21(20-16)17-10-5-6-11-19-17/h5-12H,4H2,1-3H3. The molecule has 0 aliphatic heterocycles. The molecule has 0 radical (unpaired) electrons. The molecule has 3 rings (SSSR count). The van der Waals surface area contributed by atoms with Gasteiger partial charge in [-0.15, -0.1) is 0 Å². The van der Waals surface area contributed by atoms with Crippen LogP contribution in [0.2, 0.25) is 0 Å². The molecule has 1 aromatic carbocycles. The maximum atomic E-state index is 4.76. The first-order valence-electron chi connectivity index (χ1n) is 7.27. The SMILES string of the molecule is CCc1nn(-c2ccccn2)c(-c2cccc(C)c2)c1C. The summed E-state index contributed by atoms with van der Waals surface area (Å²) in [4.78, 5) is 4.45. The zero-order valence-electron chi connectivity index (χ0n) is 12.7. The van der Waals surface area contributed by atoms with Crippen LogP contribution in [0.3, 0.4) is 0 Å². The van der Waals surface area contributed by atoms with Gasteiger partial charge in [0.25, 0.3) is 0 Å². The van der Waals surface area contributed by atoms with Gasteiger partial charge in [0.1, 0.15) is 0 Å². The summed E-state index contributed by atoms with van der Waals surface area (Å²) in [5.74, 6) is 0.858. The second kappa shape index (κ2) is 5.52. The van der Waals surface area contributed by atoms with Crippen LogP contribution in [0.4, 0.5) is 0 Å². The maximum absolute atomic E-state index is 4.76. The van der Waals surface area contributed by atoms with E-state index in [4.69, 9.17) is 5.10 Å². The Morgan fingerprint density at radius 1 is 1.05 bits per heavy atom. The molecule has 0 aliphatic rings. The molecule has 3 nitrogen and oxygen atoms in total. The summed E-state index contributed by atoms with van der Waals surface area (Å²) < 4.78 is 1.96. The minimum absolute atomic E-state index is 0.858. The van der Waals surface area contributed by atoms with Crippen molar-refractivity contribution in [3.63, 3.8) is 0 Å². The van der Waals surface area contributed by atoms with E-state index >= 15 is 0 Å². The monoisotopic (exact) mass is 277 g/mol. The molecule has 0 spiro atoms. The smallest absolute Gasteiger partial charge is 0.153 e. The lowest BCUT2D eigenvalue weighted by Gasteiger charge is -2.08. The van der Waals surface area contributed by atoms with E-state index in [0.29, 0.717) is 0 Å². The normalized spacial score (nSPS) is 10.8. The van der Waals surface area contributed by atoms with E-state index in [1.54, 1.807) is 6.20 Å². The van der Waals surface area contributed by atoms with Gasteiger partial charge in [-0.1, -0.05) is 36.8 Å². The zero-order chi connectivity index (χ0) is 14.8. The molecule has 0 saturated heterocycles. The highest BCUT2D eigenvalue weighted by molar-refractivity contribution is 5.67. The second-order valence-corrected chi connectivity index (χ2v) is 5.24. The molecule has 106 valence electrons. The number of hydrogen-bond donors (Lipinski definition) is 0. The highest BCUT2D eigenvalue weighted by Gasteiger charge is 2.16. The van der Waals surface area contributed by atoms with E-state index in [0.717, 1.165) is 23.6 Å².